The van der Waals surface area contributed by atoms with Gasteiger partial charge in [-0.05, 0) is 42.7 Å². The molecule has 1 amide bonds. The molecule has 5 rings (SSSR count). The predicted molar refractivity (Wildman–Crippen MR) is 166 cm³/mol. The summed E-state index contributed by atoms with van der Waals surface area (Å²) in [5.41, 5.74) is 5.25. The molecule has 3 aromatic carbocycles. The monoisotopic (exact) mass is 588 g/mol. The van der Waals surface area contributed by atoms with Gasteiger partial charge in [-0.25, -0.2) is 9.97 Å². The molecule has 0 radical (unpaired) electrons. The van der Waals surface area contributed by atoms with Gasteiger partial charge in [-0.15, -0.1) is 0 Å². The molecule has 6 nitrogen and oxygen atoms in total. The number of carbonyl (C=O) groups is 1. The third-order valence-electron chi connectivity index (χ3n) is 7.26. The van der Waals surface area contributed by atoms with Gasteiger partial charge < -0.3 is 15.3 Å². The van der Waals surface area contributed by atoms with Crippen molar-refractivity contribution >= 4 is 34.9 Å². The number of β-amino-alcohol motifs (C(OH)–C–C–N with tert-alkyl or cyclic N) is 1. The molecule has 212 valence electrons. The largest absolute Gasteiger partial charge is 0.391 e. The highest BCUT2D eigenvalue weighted by Crippen LogP contribution is 2.35. The van der Waals surface area contributed by atoms with Crippen molar-refractivity contribution in [1.82, 2.24) is 15.3 Å². The number of aliphatic hydroxyl groups excluding tert-OH is 1. The third-order valence-corrected chi connectivity index (χ3v) is 7.76. The summed E-state index contributed by atoms with van der Waals surface area (Å²) in [6, 6.07) is 25.1. The lowest BCUT2D eigenvalue weighted by Crippen LogP contribution is -2.40. The molecule has 1 aromatic heterocycles. The summed E-state index contributed by atoms with van der Waals surface area (Å²) in [5, 5.41) is 15.0. The van der Waals surface area contributed by atoms with Crippen LogP contribution in [-0.2, 0) is 17.8 Å². The minimum atomic E-state index is -0.510. The van der Waals surface area contributed by atoms with Crippen LogP contribution in [0.3, 0.4) is 0 Å². The fourth-order valence-corrected chi connectivity index (χ4v) is 5.37. The Bertz CT molecular complexity index is 1450. The summed E-state index contributed by atoms with van der Waals surface area (Å²) in [5.74, 6) is 0.904. The van der Waals surface area contributed by atoms with E-state index in [0.29, 0.717) is 36.0 Å². The molecule has 0 aliphatic carbocycles. The average Bonchev–Trinajstić information content (AvgIpc) is 2.98. The van der Waals surface area contributed by atoms with E-state index in [0.717, 1.165) is 71.8 Å². The Morgan fingerprint density at radius 3 is 2.10 bits per heavy atom. The Kier molecular flexibility index (Phi) is 9.88. The first-order chi connectivity index (χ1) is 20.0. The van der Waals surface area contributed by atoms with Crippen LogP contribution in [0.4, 0.5) is 5.82 Å². The van der Waals surface area contributed by atoms with Crippen molar-refractivity contribution in [2.45, 2.75) is 51.2 Å². The van der Waals surface area contributed by atoms with Crippen LogP contribution < -0.4 is 10.2 Å². The van der Waals surface area contributed by atoms with Gasteiger partial charge in [0.05, 0.1) is 23.2 Å². The van der Waals surface area contributed by atoms with E-state index in [1.165, 1.54) is 0 Å². The number of unbranched alkanes of at least 4 members (excludes halogenated alkanes) is 3. The Hall–Kier alpha value is -3.45. The zero-order chi connectivity index (χ0) is 28.6. The number of anilines is 1. The van der Waals surface area contributed by atoms with E-state index in [9.17, 15) is 9.90 Å². The summed E-state index contributed by atoms with van der Waals surface area (Å²) in [4.78, 5) is 24.5. The van der Waals surface area contributed by atoms with Crippen LogP contribution in [0.2, 0.25) is 10.0 Å². The zero-order valence-electron chi connectivity index (χ0n) is 22.9. The molecule has 1 atom stereocenters. The number of benzene rings is 3. The molecule has 1 unspecified atom stereocenters. The van der Waals surface area contributed by atoms with Crippen molar-refractivity contribution in [3.63, 3.8) is 0 Å². The lowest BCUT2D eigenvalue weighted by atomic mass is 10.0. The minimum Gasteiger partial charge on any atom is -0.391 e. The van der Waals surface area contributed by atoms with Gasteiger partial charge in [0.2, 0.25) is 5.91 Å². The number of hydrogen-bond donors (Lipinski definition) is 2. The number of aliphatic hydroxyl groups is 1. The summed E-state index contributed by atoms with van der Waals surface area (Å²) in [7, 11) is 0. The quantitative estimate of drug-likeness (QED) is 0.182. The topological polar surface area (TPSA) is 78.4 Å². The Morgan fingerprint density at radius 2 is 1.44 bits per heavy atom. The summed E-state index contributed by atoms with van der Waals surface area (Å²) in [6.07, 6.45) is 4.23. The maximum Gasteiger partial charge on any atom is 0.220 e. The van der Waals surface area contributed by atoms with E-state index in [4.69, 9.17) is 33.2 Å². The van der Waals surface area contributed by atoms with Crippen molar-refractivity contribution in [3.8, 4) is 22.5 Å². The lowest BCUT2D eigenvalue weighted by molar-refractivity contribution is -0.121. The number of rotatable bonds is 11. The number of carbonyl (C=O) groups excluding carboxylic acids is 1. The van der Waals surface area contributed by atoms with Crippen LogP contribution in [0.15, 0.2) is 78.9 Å². The second kappa shape index (κ2) is 13.9. The number of aromatic nitrogens is 2. The second-order valence-electron chi connectivity index (χ2n) is 10.4. The predicted octanol–water partition coefficient (Wildman–Crippen LogP) is 7.11. The van der Waals surface area contributed by atoms with Crippen molar-refractivity contribution in [2.75, 3.05) is 18.0 Å². The fraction of sp³-hybridized carbons (Fsp3) is 0.303. The minimum absolute atomic E-state index is 0.0865. The van der Waals surface area contributed by atoms with E-state index in [-0.39, 0.29) is 5.91 Å². The molecule has 2 N–H and O–H groups in total. The molecule has 1 aliphatic rings. The molecule has 2 heterocycles. The molecule has 0 saturated heterocycles. The molecule has 8 heteroatoms. The Balaban J connectivity index is 1.23. The van der Waals surface area contributed by atoms with Crippen molar-refractivity contribution in [3.05, 3.63) is 100 Å². The maximum absolute atomic E-state index is 12.2. The van der Waals surface area contributed by atoms with Crippen molar-refractivity contribution in [1.29, 1.82) is 0 Å². The summed E-state index contributed by atoms with van der Waals surface area (Å²) in [6.45, 7) is 1.85. The van der Waals surface area contributed by atoms with Crippen LogP contribution in [0.1, 0.15) is 43.4 Å². The van der Waals surface area contributed by atoms with E-state index in [2.05, 4.69) is 10.2 Å². The van der Waals surface area contributed by atoms with Gasteiger partial charge in [0.25, 0.3) is 0 Å². The number of halogens is 2. The van der Waals surface area contributed by atoms with Gasteiger partial charge in [-0.1, -0.05) is 90.6 Å². The first-order valence-electron chi connectivity index (χ1n) is 14.1. The molecule has 4 aromatic rings. The Labute approximate surface area is 251 Å². The van der Waals surface area contributed by atoms with Gasteiger partial charge in [-0.3, -0.25) is 4.79 Å². The van der Waals surface area contributed by atoms with Gasteiger partial charge in [0, 0.05) is 53.6 Å². The molecular formula is C33H34Cl2N4O2. The molecule has 0 fully saturated rings. The van der Waals surface area contributed by atoms with E-state index in [1.807, 2.05) is 78.9 Å². The normalized spacial score (nSPS) is 14.5. The number of nitrogens with one attached hydrogen (secondary N) is 1. The highest BCUT2D eigenvalue weighted by Gasteiger charge is 2.28. The fourth-order valence-electron chi connectivity index (χ4n) is 5.12. The molecule has 1 aliphatic heterocycles. The smallest absolute Gasteiger partial charge is 0.220 e. The zero-order valence-corrected chi connectivity index (χ0v) is 24.4. The average molecular weight is 590 g/mol. The van der Waals surface area contributed by atoms with Gasteiger partial charge in [0.1, 0.15) is 0 Å². The number of amides is 1. The maximum atomic E-state index is 12.2. The van der Waals surface area contributed by atoms with E-state index in [1.54, 1.807) is 0 Å². The van der Waals surface area contributed by atoms with Gasteiger partial charge >= 0.3 is 0 Å². The van der Waals surface area contributed by atoms with Crippen molar-refractivity contribution in [2.24, 2.45) is 0 Å². The number of hydrogen-bond acceptors (Lipinski definition) is 5. The molecule has 0 bridgehead atoms. The summed E-state index contributed by atoms with van der Waals surface area (Å²) >= 11 is 12.3. The number of nitrogens with zero attached hydrogens (tertiary/aromatic N) is 3. The first-order valence-corrected chi connectivity index (χ1v) is 14.9. The van der Waals surface area contributed by atoms with Crippen molar-refractivity contribution < 1.29 is 9.90 Å². The van der Waals surface area contributed by atoms with Gasteiger partial charge in [-0.2, -0.15) is 0 Å². The first kappa shape index (κ1) is 29.1. The van der Waals surface area contributed by atoms with E-state index < -0.39 is 6.10 Å². The highest BCUT2D eigenvalue weighted by atomic mass is 35.5. The van der Waals surface area contributed by atoms with Gasteiger partial charge in [0.15, 0.2) is 5.82 Å². The molecular weight excluding hydrogens is 555 g/mol. The number of fused-ring (bicyclic) bond motifs is 1. The third kappa shape index (κ3) is 7.85. The summed E-state index contributed by atoms with van der Waals surface area (Å²) < 4.78 is 0. The molecule has 41 heavy (non-hydrogen) atoms. The van der Waals surface area contributed by atoms with Crippen LogP contribution >= 0.6 is 23.2 Å². The lowest BCUT2D eigenvalue weighted by Gasteiger charge is -2.33. The molecule has 0 spiro atoms. The second-order valence-corrected chi connectivity index (χ2v) is 11.3. The SMILES string of the molecule is O=C(CCCCCCN1CC(O)Cc2nc(-c3ccc(Cl)cc3)c(-c3ccc(Cl)cc3)nc21)NCc1ccccc1. The van der Waals surface area contributed by atoms with Crippen LogP contribution in [-0.4, -0.2) is 40.2 Å². The standard InChI is InChI=1S/C33H34Cl2N4O2/c34-26-15-11-24(12-16-26)31-32(25-13-17-27(35)18-14-25)38-33-29(37-31)20-28(40)22-39(33)19-7-2-1-6-10-30(41)36-21-23-8-4-3-5-9-23/h3-5,8-9,11-18,28,40H,1-2,6-7,10,19-22H2,(H,36,41). The highest BCUT2D eigenvalue weighted by molar-refractivity contribution is 6.31. The van der Waals surface area contributed by atoms with E-state index >= 15 is 0 Å². The van der Waals surface area contributed by atoms with Crippen LogP contribution in [0, 0.1) is 0 Å². The molecule has 0 saturated carbocycles. The Morgan fingerprint density at radius 1 is 0.829 bits per heavy atom. The van der Waals surface area contributed by atoms with Crippen LogP contribution in [0.25, 0.3) is 22.5 Å². The van der Waals surface area contributed by atoms with Crippen LogP contribution in [0.5, 0.6) is 0 Å².